The van der Waals surface area contributed by atoms with Crippen LogP contribution in [0.4, 0.5) is 19.4 Å². The van der Waals surface area contributed by atoms with Crippen LogP contribution in [-0.2, 0) is 15.5 Å². The zero-order valence-electron chi connectivity index (χ0n) is 18.1. The predicted molar refractivity (Wildman–Crippen MR) is 111 cm³/mol. The van der Waals surface area contributed by atoms with Crippen LogP contribution in [0.1, 0.15) is 46.1 Å². The van der Waals surface area contributed by atoms with Crippen molar-refractivity contribution in [2.24, 2.45) is 0 Å². The Bertz CT molecular complexity index is 1180. The maximum atomic E-state index is 13.9. The number of ether oxygens (including phenoxy) is 1. The molecule has 164 valence electrons. The second kappa shape index (κ2) is 7.68. The lowest BCUT2D eigenvalue weighted by Crippen LogP contribution is -2.26. The summed E-state index contributed by atoms with van der Waals surface area (Å²) >= 11 is 0. The van der Waals surface area contributed by atoms with E-state index < -0.39 is 23.4 Å². The van der Waals surface area contributed by atoms with E-state index in [9.17, 15) is 18.4 Å². The molecule has 0 unspecified atom stereocenters. The van der Waals surface area contributed by atoms with E-state index in [2.05, 4.69) is 20.3 Å². The molecule has 3 aromatic heterocycles. The van der Waals surface area contributed by atoms with Gasteiger partial charge in [-0.3, -0.25) is 9.36 Å². The maximum absolute atomic E-state index is 13.9. The standard InChI is InChI=1S/C21H23F2N5O3/c1-11-7-15(27-18(25-11)21(6,22)23)14-10-28(19(30)31-20(3,4)5)16-9-24-17(8-13(14)16)26-12(2)29/h7-10H,1-6H3,(H,24,26,29). The summed E-state index contributed by atoms with van der Waals surface area (Å²) < 4.78 is 34.5. The van der Waals surface area contributed by atoms with Gasteiger partial charge in [-0.2, -0.15) is 8.78 Å². The minimum absolute atomic E-state index is 0.205. The zero-order valence-corrected chi connectivity index (χ0v) is 18.1. The molecule has 0 saturated carbocycles. The number of nitrogens with one attached hydrogen (secondary N) is 1. The highest BCUT2D eigenvalue weighted by atomic mass is 19.3. The number of fused-ring (bicyclic) bond motifs is 1. The monoisotopic (exact) mass is 431 g/mol. The summed E-state index contributed by atoms with van der Waals surface area (Å²) in [4.78, 5) is 36.2. The maximum Gasteiger partial charge on any atom is 0.419 e. The number of anilines is 1. The van der Waals surface area contributed by atoms with Crippen LogP contribution in [0.15, 0.2) is 24.5 Å². The number of hydrogen-bond donors (Lipinski definition) is 1. The van der Waals surface area contributed by atoms with Gasteiger partial charge >= 0.3 is 12.0 Å². The van der Waals surface area contributed by atoms with E-state index in [4.69, 9.17) is 4.74 Å². The van der Waals surface area contributed by atoms with Gasteiger partial charge in [0.1, 0.15) is 11.4 Å². The number of hydrogen-bond acceptors (Lipinski definition) is 6. The molecule has 0 aliphatic carbocycles. The molecule has 1 N–H and O–H groups in total. The molecular weight excluding hydrogens is 408 g/mol. The Morgan fingerprint density at radius 2 is 1.81 bits per heavy atom. The third kappa shape index (κ3) is 5.01. The topological polar surface area (TPSA) is 99.0 Å². The van der Waals surface area contributed by atoms with E-state index in [-0.39, 0.29) is 17.4 Å². The van der Waals surface area contributed by atoms with Gasteiger partial charge in [0.05, 0.1) is 17.4 Å². The minimum atomic E-state index is -3.24. The quantitative estimate of drug-likeness (QED) is 0.648. The van der Waals surface area contributed by atoms with Crippen LogP contribution in [0.2, 0.25) is 0 Å². The van der Waals surface area contributed by atoms with Gasteiger partial charge in [0, 0.05) is 36.7 Å². The van der Waals surface area contributed by atoms with E-state index >= 15 is 0 Å². The average Bonchev–Trinajstić information content (AvgIpc) is 2.97. The Hall–Kier alpha value is -3.43. The smallest absolute Gasteiger partial charge is 0.419 e. The molecular formula is C21H23F2N5O3. The van der Waals surface area contributed by atoms with Crippen molar-refractivity contribution in [3.63, 3.8) is 0 Å². The number of pyridine rings is 1. The summed E-state index contributed by atoms with van der Waals surface area (Å²) in [5.41, 5.74) is 0.567. The van der Waals surface area contributed by atoms with Crippen molar-refractivity contribution in [1.82, 2.24) is 19.5 Å². The lowest BCUT2D eigenvalue weighted by molar-refractivity contribution is -0.114. The van der Waals surface area contributed by atoms with Gasteiger partial charge < -0.3 is 10.1 Å². The van der Waals surface area contributed by atoms with E-state index in [1.165, 1.54) is 23.9 Å². The van der Waals surface area contributed by atoms with Crippen LogP contribution >= 0.6 is 0 Å². The highest BCUT2D eigenvalue weighted by molar-refractivity contribution is 6.01. The number of carbonyl (C=O) groups excluding carboxylic acids is 2. The zero-order chi connectivity index (χ0) is 23.1. The molecule has 0 saturated heterocycles. The van der Waals surface area contributed by atoms with Gasteiger partial charge in [-0.1, -0.05) is 0 Å². The fraction of sp³-hybridized carbons (Fsp3) is 0.381. The van der Waals surface area contributed by atoms with Crippen molar-refractivity contribution in [3.8, 4) is 11.3 Å². The van der Waals surface area contributed by atoms with Gasteiger partial charge in [0.25, 0.3) is 0 Å². The Balaban J connectivity index is 2.26. The molecule has 3 aromatic rings. The van der Waals surface area contributed by atoms with Crippen LogP contribution in [-0.4, -0.2) is 37.1 Å². The third-order valence-corrected chi connectivity index (χ3v) is 4.11. The molecule has 0 atom stereocenters. The normalized spacial score (nSPS) is 12.1. The van der Waals surface area contributed by atoms with E-state index in [0.717, 1.165) is 0 Å². The summed E-state index contributed by atoms with van der Waals surface area (Å²) in [5.74, 6) is -3.95. The van der Waals surface area contributed by atoms with E-state index in [1.54, 1.807) is 39.8 Å². The van der Waals surface area contributed by atoms with Crippen molar-refractivity contribution in [2.75, 3.05) is 5.32 Å². The Morgan fingerprint density at radius 1 is 1.13 bits per heavy atom. The van der Waals surface area contributed by atoms with Crippen LogP contribution in [0.25, 0.3) is 22.2 Å². The minimum Gasteiger partial charge on any atom is -0.443 e. The van der Waals surface area contributed by atoms with E-state index in [1.807, 2.05) is 0 Å². The molecule has 0 bridgehead atoms. The second-order valence-electron chi connectivity index (χ2n) is 8.27. The van der Waals surface area contributed by atoms with Crippen LogP contribution < -0.4 is 5.32 Å². The lowest BCUT2D eigenvalue weighted by atomic mass is 10.1. The van der Waals surface area contributed by atoms with Gasteiger partial charge in [0.15, 0.2) is 5.82 Å². The van der Waals surface area contributed by atoms with Crippen molar-refractivity contribution in [3.05, 3.63) is 36.0 Å². The van der Waals surface area contributed by atoms with Gasteiger partial charge in [-0.25, -0.2) is 19.7 Å². The second-order valence-corrected chi connectivity index (χ2v) is 8.27. The molecule has 3 rings (SSSR count). The molecule has 3 heterocycles. The fourth-order valence-corrected chi connectivity index (χ4v) is 2.94. The summed E-state index contributed by atoms with van der Waals surface area (Å²) in [7, 11) is 0. The van der Waals surface area contributed by atoms with Crippen molar-refractivity contribution in [2.45, 2.75) is 53.1 Å². The first-order valence-electron chi connectivity index (χ1n) is 9.51. The van der Waals surface area contributed by atoms with Crippen molar-refractivity contribution in [1.29, 1.82) is 0 Å². The highest BCUT2D eigenvalue weighted by Gasteiger charge is 2.30. The highest BCUT2D eigenvalue weighted by Crippen LogP contribution is 2.33. The lowest BCUT2D eigenvalue weighted by Gasteiger charge is -2.19. The average molecular weight is 431 g/mol. The van der Waals surface area contributed by atoms with Gasteiger partial charge in [0.2, 0.25) is 5.91 Å². The molecule has 0 radical (unpaired) electrons. The predicted octanol–water partition coefficient (Wildman–Crippen LogP) is 4.66. The molecule has 31 heavy (non-hydrogen) atoms. The van der Waals surface area contributed by atoms with Gasteiger partial charge in [-0.05, 0) is 39.8 Å². The molecule has 8 nitrogen and oxygen atoms in total. The number of aromatic nitrogens is 4. The molecule has 0 spiro atoms. The fourth-order valence-electron chi connectivity index (χ4n) is 2.94. The number of carbonyl (C=O) groups is 2. The summed E-state index contributed by atoms with van der Waals surface area (Å²) in [6, 6.07) is 3.09. The molecule has 10 heteroatoms. The summed E-state index contributed by atoms with van der Waals surface area (Å²) in [6.45, 7) is 8.82. The number of halogens is 2. The number of aryl methyl sites for hydroxylation is 1. The first-order chi connectivity index (χ1) is 14.2. The summed E-state index contributed by atoms with van der Waals surface area (Å²) in [6.07, 6.45) is 2.19. The third-order valence-electron chi connectivity index (χ3n) is 4.11. The SMILES string of the molecule is CC(=O)Nc1cc2c(-c3cc(C)nc(C(C)(F)F)n3)cn(C(=O)OC(C)(C)C)c2cn1. The van der Waals surface area contributed by atoms with Crippen molar-refractivity contribution >= 4 is 28.7 Å². The summed E-state index contributed by atoms with van der Waals surface area (Å²) in [5, 5.41) is 3.05. The largest absolute Gasteiger partial charge is 0.443 e. The Kier molecular flexibility index (Phi) is 5.51. The van der Waals surface area contributed by atoms with Crippen LogP contribution in [0.5, 0.6) is 0 Å². The molecule has 0 aliphatic rings. The van der Waals surface area contributed by atoms with Crippen molar-refractivity contribution < 1.29 is 23.1 Å². The first-order valence-corrected chi connectivity index (χ1v) is 9.51. The molecule has 1 amide bonds. The van der Waals surface area contributed by atoms with Gasteiger partial charge in [-0.15, -0.1) is 0 Å². The first kappa shape index (κ1) is 22.3. The van der Waals surface area contributed by atoms with Crippen LogP contribution in [0.3, 0.4) is 0 Å². The number of nitrogens with zero attached hydrogens (tertiary/aromatic N) is 4. The van der Waals surface area contributed by atoms with Crippen LogP contribution in [0, 0.1) is 6.92 Å². The Labute approximate surface area is 177 Å². The molecule has 0 fully saturated rings. The molecule has 0 aliphatic heterocycles. The number of amides is 1. The Morgan fingerprint density at radius 3 is 2.39 bits per heavy atom. The number of alkyl halides is 2. The molecule has 0 aromatic carbocycles. The number of rotatable bonds is 3. The van der Waals surface area contributed by atoms with E-state index in [0.29, 0.717) is 29.1 Å².